The SMILES string of the molecule is CC(O)NC(C)O.CCCCCCCCCCCC(=O)O. The van der Waals surface area contributed by atoms with E-state index in [2.05, 4.69) is 12.2 Å². The van der Waals surface area contributed by atoms with Gasteiger partial charge in [0.2, 0.25) is 0 Å². The van der Waals surface area contributed by atoms with E-state index in [-0.39, 0.29) is 0 Å². The van der Waals surface area contributed by atoms with E-state index in [1.54, 1.807) is 13.8 Å². The third kappa shape index (κ3) is 28.3. The Morgan fingerprint density at radius 2 is 1.24 bits per heavy atom. The van der Waals surface area contributed by atoms with Crippen molar-refractivity contribution in [1.82, 2.24) is 5.32 Å². The number of unbranched alkanes of at least 4 members (excludes halogenated alkanes) is 8. The van der Waals surface area contributed by atoms with Crippen molar-refractivity contribution in [3.8, 4) is 0 Å². The van der Waals surface area contributed by atoms with Crippen molar-refractivity contribution in [2.45, 2.75) is 97.4 Å². The summed E-state index contributed by atoms with van der Waals surface area (Å²) in [6.45, 7) is 5.32. The molecule has 2 atom stereocenters. The minimum absolute atomic E-state index is 0.343. The Balaban J connectivity index is 0. The van der Waals surface area contributed by atoms with Gasteiger partial charge in [0.1, 0.15) is 12.5 Å². The predicted molar refractivity (Wildman–Crippen MR) is 86.0 cm³/mol. The Hall–Kier alpha value is -0.650. The van der Waals surface area contributed by atoms with Crippen molar-refractivity contribution < 1.29 is 20.1 Å². The second-order valence-electron chi connectivity index (χ2n) is 5.49. The van der Waals surface area contributed by atoms with Crippen LogP contribution in [0, 0.1) is 0 Å². The molecule has 0 aliphatic rings. The fourth-order valence-corrected chi connectivity index (χ4v) is 1.94. The van der Waals surface area contributed by atoms with E-state index in [0.717, 1.165) is 12.8 Å². The first-order valence-electron chi connectivity index (χ1n) is 8.24. The van der Waals surface area contributed by atoms with Gasteiger partial charge in [-0.05, 0) is 20.3 Å². The van der Waals surface area contributed by atoms with Gasteiger partial charge in [0, 0.05) is 6.42 Å². The second-order valence-corrected chi connectivity index (χ2v) is 5.49. The molecule has 0 saturated heterocycles. The highest BCUT2D eigenvalue weighted by Crippen LogP contribution is 2.10. The van der Waals surface area contributed by atoms with Crippen LogP contribution in [0.5, 0.6) is 0 Å². The van der Waals surface area contributed by atoms with Crippen molar-refractivity contribution in [3.05, 3.63) is 0 Å². The van der Waals surface area contributed by atoms with Crippen LogP contribution in [0.15, 0.2) is 0 Å². The zero-order valence-electron chi connectivity index (χ0n) is 14.0. The minimum Gasteiger partial charge on any atom is -0.481 e. The fourth-order valence-electron chi connectivity index (χ4n) is 1.94. The molecule has 0 amide bonds. The number of carbonyl (C=O) groups is 1. The molecule has 0 radical (unpaired) electrons. The Morgan fingerprint density at radius 3 is 1.52 bits per heavy atom. The lowest BCUT2D eigenvalue weighted by Gasteiger charge is -2.08. The van der Waals surface area contributed by atoms with Gasteiger partial charge in [-0.25, -0.2) is 0 Å². The first-order chi connectivity index (χ1) is 9.90. The quantitative estimate of drug-likeness (QED) is 0.328. The molecule has 0 heterocycles. The Bertz CT molecular complexity index is 214. The maximum absolute atomic E-state index is 10.2. The fraction of sp³-hybridized carbons (Fsp3) is 0.938. The lowest BCUT2D eigenvalue weighted by atomic mass is 10.1. The molecule has 0 saturated carbocycles. The van der Waals surface area contributed by atoms with Crippen molar-refractivity contribution >= 4 is 5.97 Å². The highest BCUT2D eigenvalue weighted by molar-refractivity contribution is 5.66. The van der Waals surface area contributed by atoms with E-state index in [1.807, 2.05) is 0 Å². The number of rotatable bonds is 12. The summed E-state index contributed by atoms with van der Waals surface area (Å²) in [5, 5.41) is 27.7. The molecular weight excluding hydrogens is 270 g/mol. The lowest BCUT2D eigenvalue weighted by Crippen LogP contribution is -2.33. The summed E-state index contributed by atoms with van der Waals surface area (Å²) in [5.74, 6) is -0.659. The summed E-state index contributed by atoms with van der Waals surface area (Å²) in [6.07, 6.45) is 10.2. The van der Waals surface area contributed by atoms with Crippen LogP contribution in [0.2, 0.25) is 0 Å². The van der Waals surface area contributed by atoms with E-state index in [0.29, 0.717) is 6.42 Å². The molecule has 21 heavy (non-hydrogen) atoms. The van der Waals surface area contributed by atoms with Gasteiger partial charge in [-0.3, -0.25) is 10.1 Å². The molecule has 0 aromatic rings. The number of hydrogen-bond acceptors (Lipinski definition) is 4. The van der Waals surface area contributed by atoms with Crippen LogP contribution in [-0.4, -0.2) is 33.7 Å². The number of nitrogens with one attached hydrogen (secondary N) is 1. The molecule has 5 heteroatoms. The average Bonchev–Trinajstić information content (AvgIpc) is 2.35. The number of carboxylic acids is 1. The highest BCUT2D eigenvalue weighted by atomic mass is 16.4. The van der Waals surface area contributed by atoms with Gasteiger partial charge in [-0.1, -0.05) is 58.3 Å². The van der Waals surface area contributed by atoms with Crippen molar-refractivity contribution in [2.75, 3.05) is 0 Å². The maximum atomic E-state index is 10.2. The summed E-state index contributed by atoms with van der Waals surface area (Å²) < 4.78 is 0. The molecule has 5 nitrogen and oxygen atoms in total. The molecule has 0 aromatic carbocycles. The minimum atomic E-state index is -0.659. The molecule has 0 spiro atoms. The first-order valence-corrected chi connectivity index (χ1v) is 8.24. The molecule has 0 fully saturated rings. The van der Waals surface area contributed by atoms with Gasteiger partial charge in [0.15, 0.2) is 0 Å². The zero-order chi connectivity index (χ0) is 16.5. The van der Waals surface area contributed by atoms with Gasteiger partial charge in [-0.2, -0.15) is 0 Å². The molecule has 128 valence electrons. The molecule has 4 N–H and O–H groups in total. The molecule has 0 aromatic heterocycles. The third-order valence-corrected chi connectivity index (χ3v) is 2.98. The average molecular weight is 305 g/mol. The predicted octanol–water partition coefficient (Wildman–Crippen LogP) is 3.24. The largest absolute Gasteiger partial charge is 0.481 e. The van der Waals surface area contributed by atoms with Crippen LogP contribution in [0.25, 0.3) is 0 Å². The van der Waals surface area contributed by atoms with Gasteiger partial charge < -0.3 is 15.3 Å². The molecule has 0 rings (SSSR count). The van der Waals surface area contributed by atoms with E-state index in [4.69, 9.17) is 15.3 Å². The van der Waals surface area contributed by atoms with Crippen molar-refractivity contribution in [3.63, 3.8) is 0 Å². The van der Waals surface area contributed by atoms with Gasteiger partial charge in [0.05, 0.1) is 0 Å². The van der Waals surface area contributed by atoms with Crippen LogP contribution in [-0.2, 0) is 4.79 Å². The molecule has 0 aliphatic heterocycles. The van der Waals surface area contributed by atoms with Crippen LogP contribution in [0.3, 0.4) is 0 Å². The molecule has 2 unspecified atom stereocenters. The number of hydrogen-bond donors (Lipinski definition) is 4. The number of carboxylic acid groups (broad SMARTS) is 1. The smallest absolute Gasteiger partial charge is 0.303 e. The van der Waals surface area contributed by atoms with Crippen LogP contribution >= 0.6 is 0 Å². The van der Waals surface area contributed by atoms with E-state index in [9.17, 15) is 4.79 Å². The molecular formula is C16H35NO4. The van der Waals surface area contributed by atoms with Crippen LogP contribution in [0.1, 0.15) is 85.0 Å². The third-order valence-electron chi connectivity index (χ3n) is 2.98. The van der Waals surface area contributed by atoms with Crippen molar-refractivity contribution in [1.29, 1.82) is 0 Å². The highest BCUT2D eigenvalue weighted by Gasteiger charge is 1.96. The topological polar surface area (TPSA) is 89.8 Å². The summed E-state index contributed by atoms with van der Waals surface area (Å²) in [6, 6.07) is 0. The van der Waals surface area contributed by atoms with Crippen LogP contribution < -0.4 is 5.32 Å². The maximum Gasteiger partial charge on any atom is 0.303 e. The van der Waals surface area contributed by atoms with Crippen molar-refractivity contribution in [2.24, 2.45) is 0 Å². The Labute approximate surface area is 129 Å². The van der Waals surface area contributed by atoms with Crippen LogP contribution in [0.4, 0.5) is 0 Å². The number of aliphatic carboxylic acids is 1. The number of aliphatic hydroxyl groups is 2. The van der Waals surface area contributed by atoms with Gasteiger partial charge in [-0.15, -0.1) is 0 Å². The Morgan fingerprint density at radius 1 is 0.857 bits per heavy atom. The standard InChI is InChI=1S/C12H24O2.C4H11NO2/c1-2-3-4-5-6-7-8-9-10-11-12(13)14;1-3(6)5-4(2)7/h2-11H2,1H3,(H,13,14);3-7H,1-2H3. The Kier molecular flexibility index (Phi) is 18.8. The zero-order valence-corrected chi connectivity index (χ0v) is 14.0. The summed E-state index contributed by atoms with van der Waals surface area (Å²) in [5.41, 5.74) is 0. The summed E-state index contributed by atoms with van der Waals surface area (Å²) in [4.78, 5) is 10.2. The molecule has 0 bridgehead atoms. The normalized spacial score (nSPS) is 13.2. The molecule has 0 aliphatic carbocycles. The van der Waals surface area contributed by atoms with Gasteiger partial charge >= 0.3 is 5.97 Å². The number of aliphatic hydroxyl groups excluding tert-OH is 2. The lowest BCUT2D eigenvalue weighted by molar-refractivity contribution is -0.137. The van der Waals surface area contributed by atoms with E-state index in [1.165, 1.54) is 44.9 Å². The first kappa shape index (κ1) is 22.6. The van der Waals surface area contributed by atoms with E-state index < -0.39 is 18.4 Å². The summed E-state index contributed by atoms with van der Waals surface area (Å²) in [7, 11) is 0. The second kappa shape index (κ2) is 17.4. The monoisotopic (exact) mass is 305 g/mol. The summed E-state index contributed by atoms with van der Waals surface area (Å²) >= 11 is 0. The van der Waals surface area contributed by atoms with E-state index >= 15 is 0 Å². The van der Waals surface area contributed by atoms with Gasteiger partial charge in [0.25, 0.3) is 0 Å².